The van der Waals surface area contributed by atoms with Crippen LogP contribution < -0.4 is 60.2 Å². The number of likely N-dealkylation sites (tertiary alicyclic amines) is 1. The highest BCUT2D eigenvalue weighted by Gasteiger charge is 2.38. The van der Waals surface area contributed by atoms with Crippen LogP contribution in [0, 0.1) is 11.8 Å². The number of carbonyl (C=O) groups is 11. The quantitative estimate of drug-likeness (QED) is 0.0184. The van der Waals surface area contributed by atoms with Crippen LogP contribution in [0.15, 0.2) is 35.3 Å². The third-order valence-electron chi connectivity index (χ3n) is 11.9. The summed E-state index contributed by atoms with van der Waals surface area (Å²) in [4.78, 5) is 149. The largest absolute Gasteiger partial charge is 0.481 e. The third-order valence-corrected chi connectivity index (χ3v) is 11.9. The fraction of sp³-hybridized carbons (Fsp3) is 0.609. The van der Waals surface area contributed by atoms with Crippen molar-refractivity contribution in [2.75, 3.05) is 26.2 Å². The van der Waals surface area contributed by atoms with E-state index in [0.717, 1.165) is 0 Å². The fourth-order valence-electron chi connectivity index (χ4n) is 7.58. The van der Waals surface area contributed by atoms with Gasteiger partial charge in [0.2, 0.25) is 53.2 Å². The van der Waals surface area contributed by atoms with Crippen LogP contribution in [-0.4, -0.2) is 166 Å². The highest BCUT2D eigenvalue weighted by molar-refractivity contribution is 5.98. The van der Waals surface area contributed by atoms with Gasteiger partial charge in [-0.15, -0.1) is 0 Å². The Bertz CT molecular complexity index is 2120. The van der Waals surface area contributed by atoms with Crippen molar-refractivity contribution >= 4 is 71.1 Å². The molecule has 27 heteroatoms. The van der Waals surface area contributed by atoms with E-state index in [9.17, 15) is 68.1 Å². The number of nitrogens with one attached hydrogen (secondary N) is 7. The number of nitrogens with zero attached hydrogens (tertiary/aromatic N) is 2. The van der Waals surface area contributed by atoms with E-state index >= 15 is 0 Å². The van der Waals surface area contributed by atoms with E-state index in [4.69, 9.17) is 22.9 Å². The van der Waals surface area contributed by atoms with E-state index < -0.39 is 158 Å². The number of aliphatic hydroxyl groups excluding tert-OH is 1. The number of amides is 9. The van der Waals surface area contributed by atoms with Crippen molar-refractivity contribution in [2.45, 2.75) is 140 Å². The van der Waals surface area contributed by atoms with Gasteiger partial charge in [-0.3, -0.25) is 52.9 Å². The molecule has 0 aromatic heterocycles. The molecule has 0 aliphatic carbocycles. The number of carbonyl (C=O) groups excluding carboxylic acids is 9. The maximum absolute atomic E-state index is 14.1. The minimum atomic E-state index is -1.61. The Morgan fingerprint density at radius 2 is 1.27 bits per heavy atom. The lowest BCUT2D eigenvalue weighted by Gasteiger charge is -2.29. The van der Waals surface area contributed by atoms with E-state index in [1.54, 1.807) is 58.0 Å². The van der Waals surface area contributed by atoms with Gasteiger partial charge in [0.25, 0.3) is 0 Å². The first-order valence-electron chi connectivity index (χ1n) is 24.0. The van der Waals surface area contributed by atoms with Gasteiger partial charge in [-0.25, -0.2) is 4.79 Å². The van der Waals surface area contributed by atoms with E-state index in [-0.39, 0.29) is 51.2 Å². The number of hydrogen-bond donors (Lipinski definition) is 14. The molecule has 1 aromatic rings. The molecular formula is C46H73N13O14. The van der Waals surface area contributed by atoms with Crippen molar-refractivity contribution in [3.8, 4) is 0 Å². The lowest BCUT2D eigenvalue weighted by molar-refractivity contribution is -0.144. The third kappa shape index (κ3) is 21.5. The zero-order valence-electron chi connectivity index (χ0n) is 41.6. The molecule has 0 unspecified atom stereocenters. The molecule has 1 heterocycles. The zero-order chi connectivity index (χ0) is 54.9. The predicted octanol–water partition coefficient (Wildman–Crippen LogP) is -4.46. The van der Waals surface area contributed by atoms with Gasteiger partial charge in [0.1, 0.15) is 48.3 Å². The molecule has 0 bridgehead atoms. The second-order valence-electron chi connectivity index (χ2n) is 18.0. The Kier molecular flexibility index (Phi) is 26.3. The summed E-state index contributed by atoms with van der Waals surface area (Å²) in [6.45, 7) is 5.28. The maximum Gasteiger partial charge on any atom is 0.326 e. The van der Waals surface area contributed by atoms with Crippen LogP contribution >= 0.6 is 0 Å². The molecule has 9 atom stereocenters. The molecule has 1 fully saturated rings. The van der Waals surface area contributed by atoms with Crippen LogP contribution in [0.1, 0.15) is 91.0 Å². The molecular weight excluding hydrogens is 959 g/mol. The summed E-state index contributed by atoms with van der Waals surface area (Å²) in [6.07, 6.45) is -1.03. The zero-order valence-corrected chi connectivity index (χ0v) is 41.6. The van der Waals surface area contributed by atoms with Crippen molar-refractivity contribution in [1.82, 2.24) is 42.1 Å². The van der Waals surface area contributed by atoms with Crippen LogP contribution in [0.3, 0.4) is 0 Å². The van der Waals surface area contributed by atoms with Crippen molar-refractivity contribution in [1.29, 1.82) is 0 Å². The number of nitrogens with two attached hydrogens (primary N) is 4. The maximum atomic E-state index is 14.1. The van der Waals surface area contributed by atoms with Crippen LogP contribution in [-0.2, 0) is 59.2 Å². The Morgan fingerprint density at radius 1 is 0.726 bits per heavy atom. The van der Waals surface area contributed by atoms with E-state index in [2.05, 4.69) is 42.2 Å². The van der Waals surface area contributed by atoms with Crippen molar-refractivity contribution in [2.24, 2.45) is 39.8 Å². The molecule has 1 aliphatic rings. The van der Waals surface area contributed by atoms with Gasteiger partial charge in [0, 0.05) is 32.4 Å². The first-order valence-corrected chi connectivity index (χ1v) is 24.0. The molecule has 27 nitrogen and oxygen atoms in total. The Hall–Kier alpha value is -7.42. The fourth-order valence-corrected chi connectivity index (χ4v) is 7.58. The Labute approximate surface area is 422 Å². The van der Waals surface area contributed by atoms with Gasteiger partial charge in [0.05, 0.1) is 13.2 Å². The topological polar surface area (TPSA) is 452 Å². The molecule has 1 saturated heterocycles. The number of rotatable bonds is 32. The highest BCUT2D eigenvalue weighted by atomic mass is 16.4. The van der Waals surface area contributed by atoms with Gasteiger partial charge < -0.3 is 80.4 Å². The molecule has 9 amide bonds. The lowest BCUT2D eigenvalue weighted by atomic mass is 9.98. The standard InChI is InChI=1S/C46H73N13O14/c1-5-25(4)37(45(72)73)58-41(68)31(21-26-11-7-6-8-12-26)56-39(66)30(16-18-35(63)64)55-43(70)36(24(2)3)57-40(67)28(13-9-19-51-46(49)50)54-38(65)29(15-17-33(48)61)53-34(62)22-52-42(69)32-14-10-20-59(32)44(71)27(47)23-60/h6-8,11-12,24-25,27-32,36-37,60H,5,9-10,13-23,47H2,1-4H3,(H2,48,61)(H,52,69)(H,53,62)(H,54,65)(H,55,70)(H,56,66)(H,57,67)(H,58,68)(H,63,64)(H,72,73)(H4,49,50,51)/t25-,27-,28-,29-,30-,31-,32-,36-,37-/m0/s1. The predicted molar refractivity (Wildman–Crippen MR) is 262 cm³/mol. The first-order chi connectivity index (χ1) is 34.4. The summed E-state index contributed by atoms with van der Waals surface area (Å²) in [7, 11) is 0. The smallest absolute Gasteiger partial charge is 0.326 e. The summed E-state index contributed by atoms with van der Waals surface area (Å²) in [6, 6.07) is -2.61. The number of carboxylic acid groups (broad SMARTS) is 2. The molecule has 18 N–H and O–H groups in total. The van der Waals surface area contributed by atoms with Crippen molar-refractivity contribution in [3.05, 3.63) is 35.9 Å². The average Bonchev–Trinajstić information content (AvgIpc) is 3.84. The van der Waals surface area contributed by atoms with Crippen LogP contribution in [0.5, 0.6) is 0 Å². The van der Waals surface area contributed by atoms with Crippen molar-refractivity contribution < 1.29 is 68.1 Å². The molecule has 2 rings (SSSR count). The molecule has 406 valence electrons. The highest BCUT2D eigenvalue weighted by Crippen LogP contribution is 2.18. The van der Waals surface area contributed by atoms with E-state index in [0.29, 0.717) is 18.4 Å². The van der Waals surface area contributed by atoms with Gasteiger partial charge in [0.15, 0.2) is 5.96 Å². The van der Waals surface area contributed by atoms with Crippen LogP contribution in [0.4, 0.5) is 0 Å². The second kappa shape index (κ2) is 31.1. The summed E-state index contributed by atoms with van der Waals surface area (Å²) in [5.41, 5.74) is 22.5. The minimum Gasteiger partial charge on any atom is -0.481 e. The van der Waals surface area contributed by atoms with Crippen molar-refractivity contribution in [3.63, 3.8) is 0 Å². The van der Waals surface area contributed by atoms with Gasteiger partial charge >= 0.3 is 11.9 Å². The van der Waals surface area contributed by atoms with E-state index in [1.165, 1.54) is 4.90 Å². The molecule has 0 spiro atoms. The number of carboxylic acids is 2. The summed E-state index contributed by atoms with van der Waals surface area (Å²) >= 11 is 0. The number of aliphatic imine (C=N–C) groups is 1. The SMILES string of the molecule is CC[C@H](C)[C@H](NC(=O)[C@H](Cc1ccccc1)NC(=O)[C@H](CCC(=O)O)NC(=O)[C@@H](NC(=O)[C@H](CCCN=C(N)N)NC(=O)[C@H](CCC(N)=O)NC(=O)CNC(=O)[C@@H]1CCCN1C(=O)[C@@H](N)CO)C(C)C)C(=O)O. The average molecular weight is 1030 g/mol. The normalized spacial score (nSPS) is 16.4. The molecule has 0 radical (unpaired) electrons. The minimum absolute atomic E-state index is 0.0220. The molecule has 0 saturated carbocycles. The second-order valence-corrected chi connectivity index (χ2v) is 18.0. The first kappa shape index (κ1) is 61.7. The van der Waals surface area contributed by atoms with Gasteiger partial charge in [-0.2, -0.15) is 0 Å². The number of primary amides is 1. The number of hydrogen-bond acceptors (Lipinski definition) is 14. The van der Waals surface area contributed by atoms with Gasteiger partial charge in [-0.05, 0) is 55.9 Å². The Morgan fingerprint density at radius 3 is 1.84 bits per heavy atom. The number of aliphatic carboxylic acids is 2. The summed E-state index contributed by atoms with van der Waals surface area (Å²) < 4.78 is 0. The van der Waals surface area contributed by atoms with Gasteiger partial charge in [-0.1, -0.05) is 64.4 Å². The summed E-state index contributed by atoms with van der Waals surface area (Å²) in [5, 5.41) is 46.1. The molecule has 73 heavy (non-hydrogen) atoms. The number of benzene rings is 1. The molecule has 1 aliphatic heterocycles. The van der Waals surface area contributed by atoms with E-state index in [1.807, 2.05) is 0 Å². The Balaban J connectivity index is 2.38. The van der Waals surface area contributed by atoms with Crippen LogP contribution in [0.25, 0.3) is 0 Å². The number of aliphatic hydroxyl groups is 1. The summed E-state index contributed by atoms with van der Waals surface area (Å²) in [5.74, 6) is -12.0. The van der Waals surface area contributed by atoms with Crippen LogP contribution in [0.2, 0.25) is 0 Å². The lowest BCUT2D eigenvalue weighted by Crippen LogP contribution is -2.61. The monoisotopic (exact) mass is 1030 g/mol. The molecule has 1 aromatic carbocycles. The number of guanidine groups is 1.